The zero-order valence-electron chi connectivity index (χ0n) is 13.3. The van der Waals surface area contributed by atoms with Crippen molar-refractivity contribution in [2.24, 2.45) is 0 Å². The first-order valence-corrected chi connectivity index (χ1v) is 8.21. The van der Waals surface area contributed by atoms with E-state index in [4.69, 9.17) is 0 Å². The number of carbonyl (C=O) groups excluding carboxylic acids is 1. The van der Waals surface area contributed by atoms with E-state index in [-0.39, 0.29) is 17.1 Å². The van der Waals surface area contributed by atoms with Gasteiger partial charge in [0.2, 0.25) is 0 Å². The highest BCUT2D eigenvalue weighted by Gasteiger charge is 2.17. The van der Waals surface area contributed by atoms with Crippen molar-refractivity contribution >= 4 is 33.1 Å². The number of amides is 1. The predicted molar refractivity (Wildman–Crippen MR) is 94.4 cm³/mol. The van der Waals surface area contributed by atoms with Gasteiger partial charge in [-0.05, 0) is 41.3 Å². The Morgan fingerprint density at radius 1 is 1.17 bits per heavy atom. The average Bonchev–Trinajstić information content (AvgIpc) is 2.95. The van der Waals surface area contributed by atoms with E-state index < -0.39 is 0 Å². The zero-order valence-corrected chi connectivity index (χ0v) is 14.1. The van der Waals surface area contributed by atoms with Crippen LogP contribution in [0.3, 0.4) is 0 Å². The first kappa shape index (κ1) is 15.5. The molecule has 0 saturated carbocycles. The fourth-order valence-corrected chi connectivity index (χ4v) is 3.01. The Morgan fingerprint density at radius 3 is 2.70 bits per heavy atom. The van der Waals surface area contributed by atoms with Gasteiger partial charge in [-0.3, -0.25) is 4.79 Å². The van der Waals surface area contributed by atoms with E-state index in [2.05, 4.69) is 31.1 Å². The number of nitrogens with zero attached hydrogens (tertiary/aromatic N) is 1. The van der Waals surface area contributed by atoms with Crippen molar-refractivity contribution in [1.29, 1.82) is 0 Å². The van der Waals surface area contributed by atoms with Crippen LogP contribution >= 0.6 is 11.3 Å². The summed E-state index contributed by atoms with van der Waals surface area (Å²) >= 11 is 1.49. The van der Waals surface area contributed by atoms with Crippen LogP contribution in [0.25, 0.3) is 10.2 Å². The second-order valence-electron chi connectivity index (χ2n) is 6.47. The van der Waals surface area contributed by atoms with E-state index in [0.717, 1.165) is 15.8 Å². The van der Waals surface area contributed by atoms with Crippen LogP contribution in [0.15, 0.2) is 41.9 Å². The van der Waals surface area contributed by atoms with E-state index in [9.17, 15) is 9.90 Å². The van der Waals surface area contributed by atoms with Crippen LogP contribution in [0, 0.1) is 0 Å². The second-order valence-corrected chi connectivity index (χ2v) is 7.36. The van der Waals surface area contributed by atoms with Crippen molar-refractivity contribution in [1.82, 2.24) is 4.98 Å². The van der Waals surface area contributed by atoms with Crippen LogP contribution in [0.1, 0.15) is 36.7 Å². The van der Waals surface area contributed by atoms with Crippen LogP contribution < -0.4 is 5.32 Å². The monoisotopic (exact) mass is 326 g/mol. The highest BCUT2D eigenvalue weighted by Crippen LogP contribution is 2.31. The Bertz CT molecular complexity index is 878. The summed E-state index contributed by atoms with van der Waals surface area (Å²) in [5, 5.41) is 12.8. The summed E-state index contributed by atoms with van der Waals surface area (Å²) in [6, 6.07) is 10.7. The summed E-state index contributed by atoms with van der Waals surface area (Å²) in [6.45, 7) is 6.26. The SMILES string of the molecule is CC(C)(C)c1ccc(O)c(NC(=O)c2ccc3ncsc3c2)c1. The molecule has 2 aromatic carbocycles. The van der Waals surface area contributed by atoms with Gasteiger partial charge in [0.25, 0.3) is 5.91 Å². The molecule has 0 unspecified atom stereocenters. The molecule has 23 heavy (non-hydrogen) atoms. The van der Waals surface area contributed by atoms with Crippen molar-refractivity contribution in [3.8, 4) is 5.75 Å². The average molecular weight is 326 g/mol. The van der Waals surface area contributed by atoms with Crippen molar-refractivity contribution in [2.45, 2.75) is 26.2 Å². The molecule has 1 aromatic heterocycles. The maximum absolute atomic E-state index is 12.5. The van der Waals surface area contributed by atoms with Gasteiger partial charge in [0.1, 0.15) is 5.75 Å². The Kier molecular flexibility index (Phi) is 3.82. The van der Waals surface area contributed by atoms with Crippen LogP contribution in [0.4, 0.5) is 5.69 Å². The molecule has 3 rings (SSSR count). The van der Waals surface area contributed by atoms with E-state index >= 15 is 0 Å². The number of phenolic OH excluding ortho intramolecular Hbond substituents is 1. The molecule has 3 aromatic rings. The third-order valence-electron chi connectivity index (χ3n) is 3.70. The molecule has 0 aliphatic carbocycles. The number of nitrogens with one attached hydrogen (secondary N) is 1. The van der Waals surface area contributed by atoms with Gasteiger partial charge in [-0.15, -0.1) is 11.3 Å². The highest BCUT2D eigenvalue weighted by molar-refractivity contribution is 7.16. The summed E-state index contributed by atoms with van der Waals surface area (Å²) in [7, 11) is 0. The number of fused-ring (bicyclic) bond motifs is 1. The van der Waals surface area contributed by atoms with Crippen LogP contribution in [-0.4, -0.2) is 16.0 Å². The number of aromatic hydroxyl groups is 1. The van der Waals surface area contributed by atoms with E-state index in [1.807, 2.05) is 24.3 Å². The molecule has 2 N–H and O–H groups in total. The smallest absolute Gasteiger partial charge is 0.255 e. The number of benzene rings is 2. The summed E-state index contributed by atoms with van der Waals surface area (Å²) in [6.07, 6.45) is 0. The standard InChI is InChI=1S/C18H18N2O2S/c1-18(2,3)12-5-7-15(21)14(9-12)20-17(22)11-4-6-13-16(8-11)23-10-19-13/h4-10,21H,1-3H3,(H,20,22). The third kappa shape index (κ3) is 3.19. The fraction of sp³-hybridized carbons (Fsp3) is 0.222. The minimum absolute atomic E-state index is 0.0604. The van der Waals surface area contributed by atoms with Gasteiger partial charge in [0.15, 0.2) is 0 Å². The van der Waals surface area contributed by atoms with Crippen molar-refractivity contribution < 1.29 is 9.90 Å². The number of hydrogen-bond acceptors (Lipinski definition) is 4. The largest absolute Gasteiger partial charge is 0.506 e. The normalized spacial score (nSPS) is 11.6. The Labute approximate surface area is 138 Å². The Morgan fingerprint density at radius 2 is 1.96 bits per heavy atom. The van der Waals surface area contributed by atoms with Gasteiger partial charge >= 0.3 is 0 Å². The van der Waals surface area contributed by atoms with Crippen molar-refractivity contribution in [2.75, 3.05) is 5.32 Å². The molecule has 0 fully saturated rings. The maximum Gasteiger partial charge on any atom is 0.255 e. The first-order chi connectivity index (χ1) is 10.8. The second kappa shape index (κ2) is 5.66. The molecule has 4 nitrogen and oxygen atoms in total. The lowest BCUT2D eigenvalue weighted by atomic mass is 9.87. The molecule has 118 valence electrons. The first-order valence-electron chi connectivity index (χ1n) is 7.33. The van der Waals surface area contributed by atoms with Crippen LogP contribution in [0.5, 0.6) is 5.75 Å². The van der Waals surface area contributed by atoms with Crippen LogP contribution in [-0.2, 0) is 5.41 Å². The number of carbonyl (C=O) groups is 1. The van der Waals surface area contributed by atoms with Gasteiger partial charge in [0, 0.05) is 5.56 Å². The quantitative estimate of drug-likeness (QED) is 0.679. The summed E-state index contributed by atoms with van der Waals surface area (Å²) in [4.78, 5) is 16.7. The van der Waals surface area contributed by atoms with Gasteiger partial charge in [0.05, 0.1) is 21.4 Å². The molecule has 1 heterocycles. The Hall–Kier alpha value is -2.40. The molecule has 0 radical (unpaired) electrons. The lowest BCUT2D eigenvalue weighted by Gasteiger charge is -2.20. The minimum Gasteiger partial charge on any atom is -0.506 e. The molecular weight excluding hydrogens is 308 g/mol. The highest BCUT2D eigenvalue weighted by atomic mass is 32.1. The molecule has 0 spiro atoms. The summed E-state index contributed by atoms with van der Waals surface area (Å²) in [5.41, 5.74) is 4.58. The maximum atomic E-state index is 12.5. The molecule has 0 aliphatic rings. The minimum atomic E-state index is -0.248. The topological polar surface area (TPSA) is 62.2 Å². The number of phenols is 1. The van der Waals surface area contributed by atoms with E-state index in [1.54, 1.807) is 17.6 Å². The Balaban J connectivity index is 1.90. The van der Waals surface area contributed by atoms with Crippen LogP contribution in [0.2, 0.25) is 0 Å². The van der Waals surface area contributed by atoms with Gasteiger partial charge in [-0.2, -0.15) is 0 Å². The molecule has 0 bridgehead atoms. The molecule has 5 heteroatoms. The lowest BCUT2D eigenvalue weighted by molar-refractivity contribution is 0.102. The van der Waals surface area contributed by atoms with Gasteiger partial charge < -0.3 is 10.4 Å². The van der Waals surface area contributed by atoms with E-state index in [1.165, 1.54) is 11.3 Å². The molecule has 0 aliphatic heterocycles. The molecular formula is C18H18N2O2S. The predicted octanol–water partition coefficient (Wildman–Crippen LogP) is 4.55. The van der Waals surface area contributed by atoms with Gasteiger partial charge in [-0.25, -0.2) is 4.98 Å². The third-order valence-corrected chi connectivity index (χ3v) is 4.50. The molecule has 1 amide bonds. The van der Waals surface area contributed by atoms with Crippen molar-refractivity contribution in [3.05, 3.63) is 53.0 Å². The van der Waals surface area contributed by atoms with Crippen molar-refractivity contribution in [3.63, 3.8) is 0 Å². The summed E-state index contributed by atoms with van der Waals surface area (Å²) in [5.74, 6) is -0.188. The molecule has 0 saturated heterocycles. The summed E-state index contributed by atoms with van der Waals surface area (Å²) < 4.78 is 0.963. The zero-order chi connectivity index (χ0) is 16.6. The number of thiazole rings is 1. The van der Waals surface area contributed by atoms with Gasteiger partial charge in [-0.1, -0.05) is 26.8 Å². The lowest BCUT2D eigenvalue weighted by Crippen LogP contribution is -2.14. The number of rotatable bonds is 2. The number of anilines is 1. The number of hydrogen-bond donors (Lipinski definition) is 2. The molecule has 0 atom stereocenters. The van der Waals surface area contributed by atoms with E-state index in [0.29, 0.717) is 11.3 Å². The fourth-order valence-electron chi connectivity index (χ4n) is 2.29. The number of aromatic nitrogens is 1.